The second kappa shape index (κ2) is 5.88. The minimum Gasteiger partial charge on any atom is -0.486 e. The Morgan fingerprint density at radius 3 is 2.95 bits per heavy atom. The van der Waals surface area contributed by atoms with Gasteiger partial charge in [-0.3, -0.25) is 9.97 Å². The predicted octanol–water partition coefficient (Wildman–Crippen LogP) is 1.95. The number of benzene rings is 1. The summed E-state index contributed by atoms with van der Waals surface area (Å²) in [5.74, 6) is 1.59. The Kier molecular flexibility index (Phi) is 3.78. The molecule has 1 aliphatic heterocycles. The zero-order chi connectivity index (χ0) is 13.8. The first-order chi connectivity index (χ1) is 9.90. The summed E-state index contributed by atoms with van der Waals surface area (Å²) >= 11 is 0. The van der Waals surface area contributed by atoms with E-state index in [0.29, 0.717) is 13.2 Å². The number of aromatic nitrogens is 2. The van der Waals surface area contributed by atoms with Crippen molar-refractivity contribution >= 4 is 0 Å². The Balaban J connectivity index is 2.04. The van der Waals surface area contributed by atoms with Gasteiger partial charge in [-0.05, 0) is 12.6 Å². The highest BCUT2D eigenvalue weighted by Gasteiger charge is 2.23. The Hall–Kier alpha value is -2.14. The summed E-state index contributed by atoms with van der Waals surface area (Å²) in [5.41, 5.74) is 1.90. The molecule has 1 unspecified atom stereocenters. The number of hydrogen-bond donors (Lipinski definition) is 1. The number of rotatable bonds is 4. The summed E-state index contributed by atoms with van der Waals surface area (Å²) in [6.07, 6.45) is 5.15. The summed E-state index contributed by atoms with van der Waals surface area (Å²) in [7, 11) is 0. The Morgan fingerprint density at radius 1 is 1.25 bits per heavy atom. The number of nitrogens with zero attached hydrogens (tertiary/aromatic N) is 2. The second-order valence-electron chi connectivity index (χ2n) is 4.49. The van der Waals surface area contributed by atoms with Crippen LogP contribution in [0.15, 0.2) is 36.8 Å². The Morgan fingerprint density at radius 2 is 2.15 bits per heavy atom. The number of ether oxygens (including phenoxy) is 2. The molecule has 3 rings (SSSR count). The smallest absolute Gasteiger partial charge is 0.166 e. The van der Waals surface area contributed by atoms with Crippen LogP contribution in [0.25, 0.3) is 0 Å². The first-order valence-electron chi connectivity index (χ1n) is 6.78. The monoisotopic (exact) mass is 271 g/mol. The van der Waals surface area contributed by atoms with Crippen LogP contribution in [0.4, 0.5) is 0 Å². The molecule has 0 saturated heterocycles. The predicted molar refractivity (Wildman–Crippen MR) is 75.0 cm³/mol. The maximum atomic E-state index is 5.79. The van der Waals surface area contributed by atoms with E-state index in [9.17, 15) is 0 Å². The van der Waals surface area contributed by atoms with Gasteiger partial charge in [0, 0.05) is 18.0 Å². The van der Waals surface area contributed by atoms with E-state index in [1.54, 1.807) is 18.6 Å². The van der Waals surface area contributed by atoms with E-state index in [1.807, 2.05) is 18.2 Å². The number of nitrogens with one attached hydrogen (secondary N) is 1. The molecular weight excluding hydrogens is 254 g/mol. The number of fused-ring (bicyclic) bond motifs is 1. The lowest BCUT2D eigenvalue weighted by molar-refractivity contribution is 0.169. The topological polar surface area (TPSA) is 56.3 Å². The fraction of sp³-hybridized carbons (Fsp3) is 0.333. The molecule has 1 N–H and O–H groups in total. The molecule has 0 spiro atoms. The molecular formula is C15H17N3O2. The summed E-state index contributed by atoms with van der Waals surface area (Å²) in [5, 5.41) is 3.43. The van der Waals surface area contributed by atoms with Crippen molar-refractivity contribution in [1.29, 1.82) is 0 Å². The van der Waals surface area contributed by atoms with Gasteiger partial charge in [-0.25, -0.2) is 0 Å². The normalized spacial score (nSPS) is 14.8. The van der Waals surface area contributed by atoms with Crippen molar-refractivity contribution in [2.24, 2.45) is 0 Å². The molecule has 104 valence electrons. The van der Waals surface area contributed by atoms with Gasteiger partial charge < -0.3 is 14.8 Å². The number of para-hydroxylation sites is 1. The molecule has 0 amide bonds. The SMILES string of the molecule is CCNC(c1cnccn1)c1cccc2c1OCCO2. The summed E-state index contributed by atoms with van der Waals surface area (Å²) in [6, 6.07) is 5.89. The van der Waals surface area contributed by atoms with Crippen LogP contribution in [-0.4, -0.2) is 29.7 Å². The van der Waals surface area contributed by atoms with Crippen molar-refractivity contribution in [1.82, 2.24) is 15.3 Å². The highest BCUT2D eigenvalue weighted by Crippen LogP contribution is 2.38. The van der Waals surface area contributed by atoms with Crippen LogP contribution >= 0.6 is 0 Å². The first-order valence-corrected chi connectivity index (χ1v) is 6.78. The molecule has 1 aliphatic rings. The van der Waals surface area contributed by atoms with Crippen molar-refractivity contribution in [3.05, 3.63) is 48.0 Å². The van der Waals surface area contributed by atoms with Gasteiger partial charge in [-0.1, -0.05) is 19.1 Å². The molecule has 0 saturated carbocycles. The molecule has 1 aromatic heterocycles. The standard InChI is InChI=1S/C15H17N3O2/c1-2-17-14(12-10-16-6-7-18-12)11-4-3-5-13-15(11)20-9-8-19-13/h3-7,10,14,17H,2,8-9H2,1H3. The van der Waals surface area contributed by atoms with E-state index in [4.69, 9.17) is 9.47 Å². The van der Waals surface area contributed by atoms with Gasteiger partial charge >= 0.3 is 0 Å². The Bertz CT molecular complexity index is 575. The first kappa shape index (κ1) is 12.9. The van der Waals surface area contributed by atoms with Gasteiger partial charge in [0.1, 0.15) is 13.2 Å². The fourth-order valence-electron chi connectivity index (χ4n) is 2.36. The van der Waals surface area contributed by atoms with E-state index < -0.39 is 0 Å². The van der Waals surface area contributed by atoms with Gasteiger partial charge in [0.25, 0.3) is 0 Å². The summed E-state index contributed by atoms with van der Waals surface area (Å²) in [4.78, 5) is 8.55. The third-order valence-corrected chi connectivity index (χ3v) is 3.19. The van der Waals surface area contributed by atoms with Gasteiger partial charge in [-0.15, -0.1) is 0 Å². The molecule has 5 heteroatoms. The van der Waals surface area contributed by atoms with Crippen molar-refractivity contribution < 1.29 is 9.47 Å². The van der Waals surface area contributed by atoms with E-state index in [-0.39, 0.29) is 6.04 Å². The molecule has 1 atom stereocenters. The van der Waals surface area contributed by atoms with Gasteiger partial charge in [-0.2, -0.15) is 0 Å². The zero-order valence-corrected chi connectivity index (χ0v) is 11.4. The third kappa shape index (κ3) is 2.44. The van der Waals surface area contributed by atoms with Crippen LogP contribution in [0.5, 0.6) is 11.5 Å². The average Bonchev–Trinajstić information content (AvgIpc) is 2.53. The minimum atomic E-state index is -0.0506. The minimum absolute atomic E-state index is 0.0506. The largest absolute Gasteiger partial charge is 0.486 e. The second-order valence-corrected chi connectivity index (χ2v) is 4.49. The molecule has 2 aromatic rings. The molecule has 20 heavy (non-hydrogen) atoms. The fourth-order valence-corrected chi connectivity index (χ4v) is 2.36. The van der Waals surface area contributed by atoms with Crippen molar-refractivity contribution in [2.75, 3.05) is 19.8 Å². The summed E-state index contributed by atoms with van der Waals surface area (Å²) < 4.78 is 11.4. The van der Waals surface area contributed by atoms with E-state index in [1.165, 1.54) is 0 Å². The lowest BCUT2D eigenvalue weighted by Crippen LogP contribution is -2.25. The highest BCUT2D eigenvalue weighted by atomic mass is 16.6. The zero-order valence-electron chi connectivity index (χ0n) is 11.4. The molecule has 0 fully saturated rings. The molecule has 0 bridgehead atoms. The Labute approximate surface area is 118 Å². The average molecular weight is 271 g/mol. The van der Waals surface area contributed by atoms with Crippen LogP contribution in [-0.2, 0) is 0 Å². The van der Waals surface area contributed by atoms with Crippen molar-refractivity contribution in [3.8, 4) is 11.5 Å². The molecule has 0 aliphatic carbocycles. The maximum Gasteiger partial charge on any atom is 0.166 e. The van der Waals surface area contributed by atoms with Crippen LogP contribution < -0.4 is 14.8 Å². The van der Waals surface area contributed by atoms with E-state index >= 15 is 0 Å². The van der Waals surface area contributed by atoms with Crippen LogP contribution in [0.2, 0.25) is 0 Å². The molecule has 5 nitrogen and oxygen atoms in total. The van der Waals surface area contributed by atoms with Crippen LogP contribution in [0.1, 0.15) is 24.2 Å². The van der Waals surface area contributed by atoms with Crippen LogP contribution in [0.3, 0.4) is 0 Å². The van der Waals surface area contributed by atoms with E-state index in [0.717, 1.165) is 29.3 Å². The van der Waals surface area contributed by atoms with Gasteiger partial charge in [0.2, 0.25) is 0 Å². The van der Waals surface area contributed by atoms with Crippen molar-refractivity contribution in [2.45, 2.75) is 13.0 Å². The summed E-state index contributed by atoms with van der Waals surface area (Å²) in [6.45, 7) is 4.05. The van der Waals surface area contributed by atoms with Gasteiger partial charge in [0.05, 0.1) is 17.9 Å². The maximum absolute atomic E-state index is 5.79. The van der Waals surface area contributed by atoms with E-state index in [2.05, 4.69) is 22.2 Å². The lowest BCUT2D eigenvalue weighted by Gasteiger charge is -2.25. The third-order valence-electron chi connectivity index (χ3n) is 3.19. The molecule has 2 heterocycles. The van der Waals surface area contributed by atoms with Gasteiger partial charge in [0.15, 0.2) is 11.5 Å². The van der Waals surface area contributed by atoms with Crippen molar-refractivity contribution in [3.63, 3.8) is 0 Å². The van der Waals surface area contributed by atoms with Crippen LogP contribution in [0, 0.1) is 0 Å². The molecule has 0 radical (unpaired) electrons. The number of hydrogen-bond acceptors (Lipinski definition) is 5. The quantitative estimate of drug-likeness (QED) is 0.921. The highest BCUT2D eigenvalue weighted by molar-refractivity contribution is 5.50. The lowest BCUT2D eigenvalue weighted by atomic mass is 10.0. The molecule has 1 aromatic carbocycles.